The Balaban J connectivity index is 1.65. The summed E-state index contributed by atoms with van der Waals surface area (Å²) in [5.74, 6) is -0.241. The van der Waals surface area contributed by atoms with Crippen LogP contribution < -0.4 is 5.32 Å². The Morgan fingerprint density at radius 2 is 1.97 bits per heavy atom. The van der Waals surface area contributed by atoms with E-state index in [1.54, 1.807) is 14.0 Å². The van der Waals surface area contributed by atoms with Gasteiger partial charge in [-0.25, -0.2) is 4.79 Å². The minimum absolute atomic E-state index is 0.140. The third kappa shape index (κ3) is 5.67. The van der Waals surface area contributed by atoms with Gasteiger partial charge in [-0.05, 0) is 31.7 Å². The van der Waals surface area contributed by atoms with E-state index in [-0.39, 0.29) is 18.1 Å². The molecule has 7 nitrogen and oxygen atoms in total. The number of esters is 1. The highest BCUT2D eigenvalue weighted by molar-refractivity contribution is 6.00. The fourth-order valence-corrected chi connectivity index (χ4v) is 3.88. The highest BCUT2D eigenvalue weighted by atomic mass is 16.5. The Kier molecular flexibility index (Phi) is 7.41. The van der Waals surface area contributed by atoms with E-state index >= 15 is 0 Å². The van der Waals surface area contributed by atoms with Crippen LogP contribution >= 0.6 is 0 Å². The molecule has 1 aromatic heterocycles. The van der Waals surface area contributed by atoms with E-state index in [2.05, 4.69) is 27.4 Å². The van der Waals surface area contributed by atoms with Crippen molar-refractivity contribution in [2.24, 2.45) is 7.05 Å². The van der Waals surface area contributed by atoms with Crippen LogP contribution in [0.3, 0.4) is 0 Å². The second-order valence-corrected chi connectivity index (χ2v) is 7.44. The molecule has 2 aromatic rings. The SMILES string of the molecule is CCOC(=O)c1cnn(C)c1NC(=O)CN(CCc1ccccc1)C1CCCC1. The molecule has 1 aliphatic rings. The molecule has 29 heavy (non-hydrogen) atoms. The molecule has 0 radical (unpaired) electrons. The van der Waals surface area contributed by atoms with E-state index in [0.717, 1.165) is 25.8 Å². The Morgan fingerprint density at radius 1 is 1.24 bits per heavy atom. The predicted octanol–water partition coefficient (Wildman–Crippen LogP) is 3.02. The van der Waals surface area contributed by atoms with E-state index in [9.17, 15) is 9.59 Å². The Labute approximate surface area is 172 Å². The van der Waals surface area contributed by atoms with E-state index in [1.807, 2.05) is 18.2 Å². The second kappa shape index (κ2) is 10.2. The summed E-state index contributed by atoms with van der Waals surface area (Å²) in [6.07, 6.45) is 7.01. The fraction of sp³-hybridized carbons (Fsp3) is 0.500. The molecule has 0 saturated heterocycles. The molecule has 0 atom stereocenters. The smallest absolute Gasteiger partial charge is 0.343 e. The third-order valence-corrected chi connectivity index (χ3v) is 5.41. The number of carbonyl (C=O) groups is 2. The maximum Gasteiger partial charge on any atom is 0.343 e. The van der Waals surface area contributed by atoms with Crippen LogP contribution in [0.25, 0.3) is 0 Å². The first-order valence-electron chi connectivity index (χ1n) is 10.4. The first kappa shape index (κ1) is 21.0. The first-order valence-corrected chi connectivity index (χ1v) is 10.4. The Bertz CT molecular complexity index is 813. The van der Waals surface area contributed by atoms with Crippen molar-refractivity contribution in [3.63, 3.8) is 0 Å². The molecule has 0 unspecified atom stereocenters. The second-order valence-electron chi connectivity index (χ2n) is 7.44. The van der Waals surface area contributed by atoms with Crippen molar-refractivity contribution in [3.8, 4) is 0 Å². The lowest BCUT2D eigenvalue weighted by Gasteiger charge is -2.28. The molecule has 1 amide bonds. The summed E-state index contributed by atoms with van der Waals surface area (Å²) in [5, 5.41) is 6.96. The number of anilines is 1. The number of benzene rings is 1. The molecule has 3 rings (SSSR count). The number of nitrogens with one attached hydrogen (secondary N) is 1. The van der Waals surface area contributed by atoms with Gasteiger partial charge >= 0.3 is 5.97 Å². The monoisotopic (exact) mass is 398 g/mol. The van der Waals surface area contributed by atoms with E-state index in [0.29, 0.717) is 18.4 Å². The summed E-state index contributed by atoms with van der Waals surface area (Å²) < 4.78 is 6.55. The van der Waals surface area contributed by atoms with Gasteiger partial charge in [0.2, 0.25) is 5.91 Å². The molecule has 156 valence electrons. The maximum absolute atomic E-state index is 12.8. The minimum atomic E-state index is -0.479. The quantitative estimate of drug-likeness (QED) is 0.657. The van der Waals surface area contributed by atoms with Crippen LogP contribution in [-0.2, 0) is 23.0 Å². The van der Waals surface area contributed by atoms with Gasteiger partial charge in [-0.1, -0.05) is 43.2 Å². The third-order valence-electron chi connectivity index (χ3n) is 5.41. The number of nitrogens with zero attached hydrogens (tertiary/aromatic N) is 3. The molecule has 0 bridgehead atoms. The number of aryl methyl sites for hydroxylation is 1. The van der Waals surface area contributed by atoms with Crippen molar-refractivity contribution in [2.45, 2.75) is 45.1 Å². The Morgan fingerprint density at radius 3 is 2.66 bits per heavy atom. The highest BCUT2D eigenvalue weighted by Crippen LogP contribution is 2.24. The lowest BCUT2D eigenvalue weighted by Crippen LogP contribution is -2.41. The number of carbonyl (C=O) groups excluding carboxylic acids is 2. The molecular weight excluding hydrogens is 368 g/mol. The standard InChI is InChI=1S/C22H30N4O3/c1-3-29-22(28)19-15-23-25(2)21(19)24-20(27)16-26(18-11-7-8-12-18)14-13-17-9-5-4-6-10-17/h4-6,9-10,15,18H,3,7-8,11-14,16H2,1-2H3,(H,24,27). The highest BCUT2D eigenvalue weighted by Gasteiger charge is 2.25. The molecule has 1 aliphatic carbocycles. The van der Waals surface area contributed by atoms with Crippen LogP contribution in [0.15, 0.2) is 36.5 Å². The summed E-state index contributed by atoms with van der Waals surface area (Å²) >= 11 is 0. The van der Waals surface area contributed by atoms with Crippen LogP contribution in [0.4, 0.5) is 5.82 Å². The van der Waals surface area contributed by atoms with Crippen molar-refractivity contribution in [1.29, 1.82) is 0 Å². The van der Waals surface area contributed by atoms with Crippen molar-refractivity contribution in [1.82, 2.24) is 14.7 Å². The normalized spacial score (nSPS) is 14.3. The van der Waals surface area contributed by atoms with Gasteiger partial charge in [-0.3, -0.25) is 14.4 Å². The van der Waals surface area contributed by atoms with E-state index in [1.165, 1.54) is 29.3 Å². The van der Waals surface area contributed by atoms with Crippen LogP contribution in [0.1, 0.15) is 48.5 Å². The summed E-state index contributed by atoms with van der Waals surface area (Å²) in [4.78, 5) is 27.2. The molecule has 1 heterocycles. The Hall–Kier alpha value is -2.67. The number of hydrogen-bond acceptors (Lipinski definition) is 5. The average Bonchev–Trinajstić information content (AvgIpc) is 3.37. The van der Waals surface area contributed by atoms with Gasteiger partial charge < -0.3 is 10.1 Å². The predicted molar refractivity (Wildman–Crippen MR) is 112 cm³/mol. The van der Waals surface area contributed by atoms with Crippen LogP contribution in [-0.4, -0.2) is 52.3 Å². The molecule has 1 saturated carbocycles. The number of hydrogen-bond donors (Lipinski definition) is 1. The lowest BCUT2D eigenvalue weighted by molar-refractivity contribution is -0.117. The summed E-state index contributed by atoms with van der Waals surface area (Å²) in [6, 6.07) is 10.8. The molecule has 1 N–H and O–H groups in total. The molecule has 0 spiro atoms. The number of ether oxygens (including phenoxy) is 1. The van der Waals surface area contributed by atoms with Crippen molar-refractivity contribution >= 4 is 17.7 Å². The molecule has 7 heteroatoms. The summed E-state index contributed by atoms with van der Waals surface area (Å²) in [5.41, 5.74) is 1.55. The number of aromatic nitrogens is 2. The summed E-state index contributed by atoms with van der Waals surface area (Å²) in [7, 11) is 1.70. The van der Waals surface area contributed by atoms with Crippen LogP contribution in [0, 0.1) is 0 Å². The van der Waals surface area contributed by atoms with Gasteiger partial charge in [0.25, 0.3) is 0 Å². The van der Waals surface area contributed by atoms with Gasteiger partial charge in [0.05, 0.1) is 19.3 Å². The van der Waals surface area contributed by atoms with Gasteiger partial charge in [-0.15, -0.1) is 0 Å². The van der Waals surface area contributed by atoms with Gasteiger partial charge in [0.15, 0.2) is 0 Å². The van der Waals surface area contributed by atoms with Gasteiger partial charge in [0, 0.05) is 19.6 Å². The fourth-order valence-electron chi connectivity index (χ4n) is 3.88. The first-order chi connectivity index (χ1) is 14.1. The minimum Gasteiger partial charge on any atom is -0.462 e. The molecule has 1 aromatic carbocycles. The average molecular weight is 399 g/mol. The van der Waals surface area contributed by atoms with Crippen molar-refractivity contribution < 1.29 is 14.3 Å². The number of rotatable bonds is 9. The topological polar surface area (TPSA) is 76.5 Å². The van der Waals surface area contributed by atoms with E-state index < -0.39 is 5.97 Å². The van der Waals surface area contributed by atoms with Crippen LogP contribution in [0.2, 0.25) is 0 Å². The zero-order valence-electron chi connectivity index (χ0n) is 17.3. The largest absolute Gasteiger partial charge is 0.462 e. The van der Waals surface area contributed by atoms with E-state index in [4.69, 9.17) is 4.74 Å². The summed E-state index contributed by atoms with van der Waals surface area (Å²) in [6.45, 7) is 3.15. The van der Waals surface area contributed by atoms with Crippen molar-refractivity contribution in [2.75, 3.05) is 25.0 Å². The van der Waals surface area contributed by atoms with Crippen LogP contribution in [0.5, 0.6) is 0 Å². The van der Waals surface area contributed by atoms with Crippen molar-refractivity contribution in [3.05, 3.63) is 47.7 Å². The number of amides is 1. The molecule has 1 fully saturated rings. The molecular formula is C22H30N4O3. The van der Waals surface area contributed by atoms with Gasteiger partial charge in [-0.2, -0.15) is 5.10 Å². The maximum atomic E-state index is 12.8. The van der Waals surface area contributed by atoms with Gasteiger partial charge in [0.1, 0.15) is 11.4 Å². The zero-order chi connectivity index (χ0) is 20.6. The zero-order valence-corrected chi connectivity index (χ0v) is 17.3. The molecule has 0 aliphatic heterocycles. The lowest BCUT2D eigenvalue weighted by atomic mass is 10.1.